The highest BCUT2D eigenvalue weighted by Crippen LogP contribution is 2.18. The maximum atomic E-state index is 12.0. The van der Waals surface area contributed by atoms with Gasteiger partial charge in [0.05, 0.1) is 5.37 Å². The van der Waals surface area contributed by atoms with Crippen molar-refractivity contribution in [3.63, 3.8) is 0 Å². The molecule has 1 aliphatic rings. The lowest BCUT2D eigenvalue weighted by Crippen LogP contribution is -2.49. The van der Waals surface area contributed by atoms with E-state index in [9.17, 15) is 9.90 Å². The molecule has 1 saturated heterocycles. The number of benzene rings is 1. The molecule has 1 aromatic carbocycles. The fourth-order valence-electron chi connectivity index (χ4n) is 1.90. The molecule has 18 heavy (non-hydrogen) atoms. The van der Waals surface area contributed by atoms with E-state index in [4.69, 9.17) is 0 Å². The Morgan fingerprint density at radius 1 is 1.44 bits per heavy atom. The minimum atomic E-state index is -0.717. The molecule has 2 atom stereocenters. The molecule has 0 radical (unpaired) electrons. The van der Waals surface area contributed by atoms with E-state index in [0.717, 1.165) is 11.3 Å². The molecule has 2 amide bonds. The number of rotatable bonds is 2. The van der Waals surface area contributed by atoms with Crippen molar-refractivity contribution in [3.8, 4) is 0 Å². The molecule has 4 nitrogen and oxygen atoms in total. The van der Waals surface area contributed by atoms with Gasteiger partial charge in [-0.2, -0.15) is 0 Å². The van der Waals surface area contributed by atoms with Crippen LogP contribution in [0.4, 0.5) is 4.79 Å². The first kappa shape index (κ1) is 13.2. The lowest BCUT2D eigenvalue weighted by atomic mass is 10.2. The van der Waals surface area contributed by atoms with E-state index < -0.39 is 6.23 Å². The van der Waals surface area contributed by atoms with Crippen LogP contribution >= 0.6 is 11.8 Å². The van der Waals surface area contributed by atoms with E-state index in [1.807, 2.05) is 37.3 Å². The molecule has 5 heteroatoms. The van der Waals surface area contributed by atoms with E-state index >= 15 is 0 Å². The highest BCUT2D eigenvalue weighted by molar-refractivity contribution is 7.99. The van der Waals surface area contributed by atoms with Crippen molar-refractivity contribution >= 4 is 17.8 Å². The van der Waals surface area contributed by atoms with E-state index in [2.05, 4.69) is 5.32 Å². The van der Waals surface area contributed by atoms with Crippen molar-refractivity contribution < 1.29 is 9.90 Å². The summed E-state index contributed by atoms with van der Waals surface area (Å²) in [6, 6.07) is 9.51. The predicted molar refractivity (Wildman–Crippen MR) is 73.1 cm³/mol. The Kier molecular flexibility index (Phi) is 4.49. The van der Waals surface area contributed by atoms with Gasteiger partial charge in [-0.3, -0.25) is 4.90 Å². The second kappa shape index (κ2) is 6.11. The van der Waals surface area contributed by atoms with Gasteiger partial charge in [0.2, 0.25) is 0 Å². The number of aliphatic hydroxyl groups is 1. The maximum Gasteiger partial charge on any atom is 0.320 e. The molecule has 1 unspecified atom stereocenters. The standard InChI is InChI=1S/C13H18N2O2S/c1-10-14-13(17)15(12(16)7-8-18-10)9-11-5-3-2-4-6-11/h2-6,10,12,16H,7-9H2,1H3,(H,14,17)/t10-,12?/m0/s1. The van der Waals surface area contributed by atoms with Crippen LogP contribution < -0.4 is 5.32 Å². The van der Waals surface area contributed by atoms with Gasteiger partial charge in [0, 0.05) is 13.0 Å². The van der Waals surface area contributed by atoms with Gasteiger partial charge >= 0.3 is 6.03 Å². The van der Waals surface area contributed by atoms with Crippen LogP contribution in [0.1, 0.15) is 18.9 Å². The molecule has 1 fully saturated rings. The van der Waals surface area contributed by atoms with Crippen molar-refractivity contribution in [2.45, 2.75) is 31.5 Å². The summed E-state index contributed by atoms with van der Waals surface area (Å²) in [5.74, 6) is 0.841. The quantitative estimate of drug-likeness (QED) is 0.861. The minimum absolute atomic E-state index is 0.0864. The van der Waals surface area contributed by atoms with Crippen LogP contribution in [0.2, 0.25) is 0 Å². The van der Waals surface area contributed by atoms with Crippen molar-refractivity contribution in [2.75, 3.05) is 5.75 Å². The zero-order valence-electron chi connectivity index (χ0n) is 10.4. The Balaban J connectivity index is 2.09. The van der Waals surface area contributed by atoms with E-state index in [1.165, 1.54) is 4.90 Å². The highest BCUT2D eigenvalue weighted by Gasteiger charge is 2.25. The fraction of sp³-hybridized carbons (Fsp3) is 0.462. The summed E-state index contributed by atoms with van der Waals surface area (Å²) in [4.78, 5) is 13.5. The number of urea groups is 1. The number of aliphatic hydroxyl groups excluding tert-OH is 1. The number of hydrogen-bond donors (Lipinski definition) is 2. The first-order chi connectivity index (χ1) is 8.66. The maximum absolute atomic E-state index is 12.0. The summed E-state index contributed by atoms with van der Waals surface area (Å²) in [6.45, 7) is 2.40. The van der Waals surface area contributed by atoms with E-state index in [0.29, 0.717) is 13.0 Å². The third-order valence-corrected chi connectivity index (χ3v) is 3.98. The Hall–Kier alpha value is -1.20. The van der Waals surface area contributed by atoms with Gasteiger partial charge in [-0.15, -0.1) is 11.8 Å². The van der Waals surface area contributed by atoms with Gasteiger partial charge in [-0.1, -0.05) is 30.3 Å². The van der Waals surface area contributed by atoms with Crippen LogP contribution in [0.25, 0.3) is 0 Å². The highest BCUT2D eigenvalue weighted by atomic mass is 32.2. The van der Waals surface area contributed by atoms with Crippen LogP contribution in [0.5, 0.6) is 0 Å². The first-order valence-corrected chi connectivity index (χ1v) is 7.12. The van der Waals surface area contributed by atoms with E-state index in [1.54, 1.807) is 11.8 Å². The van der Waals surface area contributed by atoms with Crippen LogP contribution in [0.3, 0.4) is 0 Å². The van der Waals surface area contributed by atoms with Crippen molar-refractivity contribution in [3.05, 3.63) is 35.9 Å². The molecule has 1 aromatic rings. The number of amides is 2. The second-order valence-corrected chi connectivity index (χ2v) is 5.79. The third kappa shape index (κ3) is 3.40. The number of carbonyl (C=O) groups excluding carboxylic acids is 1. The lowest BCUT2D eigenvalue weighted by molar-refractivity contribution is 0.0231. The second-order valence-electron chi connectivity index (χ2n) is 4.35. The van der Waals surface area contributed by atoms with Crippen LogP contribution in [0.15, 0.2) is 30.3 Å². The van der Waals surface area contributed by atoms with Crippen molar-refractivity contribution in [1.29, 1.82) is 0 Å². The summed E-state index contributed by atoms with van der Waals surface area (Å²) in [7, 11) is 0. The van der Waals surface area contributed by atoms with Crippen molar-refractivity contribution in [1.82, 2.24) is 10.2 Å². The van der Waals surface area contributed by atoms with Crippen molar-refractivity contribution in [2.24, 2.45) is 0 Å². The van der Waals surface area contributed by atoms with Crippen LogP contribution in [-0.2, 0) is 6.54 Å². The van der Waals surface area contributed by atoms with E-state index in [-0.39, 0.29) is 11.4 Å². The fourth-order valence-corrected chi connectivity index (χ4v) is 2.78. The molecular formula is C13H18N2O2S. The molecule has 0 saturated carbocycles. The monoisotopic (exact) mass is 266 g/mol. The van der Waals surface area contributed by atoms with Gasteiger partial charge in [0.15, 0.2) is 0 Å². The summed E-state index contributed by atoms with van der Waals surface area (Å²) in [6.07, 6.45) is -0.111. The van der Waals surface area contributed by atoms with Crippen LogP contribution in [-0.4, -0.2) is 33.4 Å². The summed E-state index contributed by atoms with van der Waals surface area (Å²) >= 11 is 1.65. The summed E-state index contributed by atoms with van der Waals surface area (Å²) in [5.41, 5.74) is 1.02. The van der Waals surface area contributed by atoms with Gasteiger partial charge in [-0.05, 0) is 18.2 Å². The molecular weight excluding hydrogens is 248 g/mol. The number of hydrogen-bond acceptors (Lipinski definition) is 3. The van der Waals surface area contributed by atoms with Gasteiger partial charge in [0.1, 0.15) is 6.23 Å². The number of nitrogens with zero attached hydrogens (tertiary/aromatic N) is 1. The first-order valence-electron chi connectivity index (χ1n) is 6.07. The molecule has 0 aromatic heterocycles. The number of nitrogens with one attached hydrogen (secondary N) is 1. The minimum Gasteiger partial charge on any atom is -0.373 e. The van der Waals surface area contributed by atoms with Gasteiger partial charge in [-0.25, -0.2) is 4.79 Å². The Morgan fingerprint density at radius 2 is 2.17 bits per heavy atom. The Bertz CT molecular complexity index is 399. The Morgan fingerprint density at radius 3 is 2.89 bits per heavy atom. The average molecular weight is 266 g/mol. The molecule has 0 bridgehead atoms. The molecule has 0 spiro atoms. The third-order valence-electron chi connectivity index (χ3n) is 2.89. The average Bonchev–Trinajstić information content (AvgIpc) is 2.35. The number of carbonyl (C=O) groups is 1. The topological polar surface area (TPSA) is 52.6 Å². The zero-order valence-corrected chi connectivity index (χ0v) is 11.2. The lowest BCUT2D eigenvalue weighted by Gasteiger charge is -2.32. The zero-order chi connectivity index (χ0) is 13.0. The normalized spacial score (nSPS) is 25.2. The molecule has 0 aliphatic carbocycles. The summed E-state index contributed by atoms with van der Waals surface area (Å²) < 4.78 is 0. The molecule has 1 heterocycles. The molecule has 2 rings (SSSR count). The molecule has 2 N–H and O–H groups in total. The Labute approximate surface area is 111 Å². The molecule has 1 aliphatic heterocycles. The largest absolute Gasteiger partial charge is 0.373 e. The number of thioether (sulfide) groups is 1. The smallest absolute Gasteiger partial charge is 0.320 e. The van der Waals surface area contributed by atoms with Gasteiger partial charge < -0.3 is 10.4 Å². The van der Waals surface area contributed by atoms with Crippen LogP contribution in [0, 0.1) is 0 Å². The predicted octanol–water partition coefficient (Wildman–Crippen LogP) is 2.00. The summed E-state index contributed by atoms with van der Waals surface area (Å²) in [5, 5.41) is 13.0. The van der Waals surface area contributed by atoms with Gasteiger partial charge in [0.25, 0.3) is 0 Å². The SMILES string of the molecule is C[C@H]1NC(=O)N(Cc2ccccc2)C(O)CCS1. The molecule has 98 valence electrons.